The number of nitrogens with zero attached hydrogens (tertiary/aromatic N) is 3. The van der Waals surface area contributed by atoms with Gasteiger partial charge in [0.1, 0.15) is 5.01 Å². The lowest BCUT2D eigenvalue weighted by molar-refractivity contribution is -0.137. The summed E-state index contributed by atoms with van der Waals surface area (Å²) in [5, 5.41) is 12.3. The van der Waals surface area contributed by atoms with Gasteiger partial charge < -0.3 is 10.2 Å². The maximum absolute atomic E-state index is 13.4. The fourth-order valence-corrected chi connectivity index (χ4v) is 4.63. The Morgan fingerprint density at radius 2 is 1.63 bits per heavy atom. The van der Waals surface area contributed by atoms with E-state index in [1.807, 2.05) is 30.3 Å². The Balaban J connectivity index is 1.47. The average Bonchev–Trinajstić information content (AvgIpc) is 3.37. The van der Waals surface area contributed by atoms with Crippen LogP contribution in [0.2, 0.25) is 5.02 Å². The quantitative estimate of drug-likeness (QED) is 0.250. The molecular weight excluding hydrogens is 537 g/mol. The van der Waals surface area contributed by atoms with Crippen LogP contribution in [0.4, 0.5) is 18.3 Å². The molecule has 3 aromatic carbocycles. The summed E-state index contributed by atoms with van der Waals surface area (Å²) >= 11 is 7.11. The first kappa shape index (κ1) is 27.3. The minimum atomic E-state index is -4.51. The summed E-state index contributed by atoms with van der Waals surface area (Å²) in [7, 11) is 0. The molecule has 6 nitrogen and oxygen atoms in total. The molecule has 2 amide bonds. The van der Waals surface area contributed by atoms with Crippen molar-refractivity contribution in [3.63, 3.8) is 0 Å². The van der Waals surface area contributed by atoms with Gasteiger partial charge in [-0.1, -0.05) is 65.4 Å². The standard InChI is InChI=1S/C27H22ClF3N4O2S/c1-17(18-5-3-2-4-6-18)35(25(37)20-7-11-21(12-8-20)27(29,30)31)16-15-23(36)32-26-34-33-24(38-26)19-9-13-22(28)14-10-19/h2-14,17H,15-16H2,1H3,(H,32,34,36). The van der Waals surface area contributed by atoms with Crippen LogP contribution in [0.3, 0.4) is 0 Å². The molecule has 0 aliphatic rings. The molecule has 4 aromatic rings. The zero-order valence-electron chi connectivity index (χ0n) is 20.1. The molecule has 1 unspecified atom stereocenters. The van der Waals surface area contributed by atoms with E-state index in [1.165, 1.54) is 16.2 Å². The zero-order valence-corrected chi connectivity index (χ0v) is 21.6. The van der Waals surface area contributed by atoms with Crippen molar-refractivity contribution >= 4 is 39.9 Å². The summed E-state index contributed by atoms with van der Waals surface area (Å²) in [6.07, 6.45) is -4.56. The number of benzene rings is 3. The molecule has 0 saturated heterocycles. The third-order valence-electron chi connectivity index (χ3n) is 5.81. The van der Waals surface area contributed by atoms with Gasteiger partial charge in [0.2, 0.25) is 11.0 Å². The fraction of sp³-hybridized carbons (Fsp3) is 0.185. The highest BCUT2D eigenvalue weighted by molar-refractivity contribution is 7.18. The van der Waals surface area contributed by atoms with Crippen molar-refractivity contribution in [3.05, 3.63) is 101 Å². The van der Waals surface area contributed by atoms with Gasteiger partial charge in [-0.3, -0.25) is 9.59 Å². The minimum absolute atomic E-state index is 0.0323. The number of hydrogen-bond acceptors (Lipinski definition) is 5. The predicted octanol–water partition coefficient (Wildman–Crippen LogP) is 7.11. The number of rotatable bonds is 8. The highest BCUT2D eigenvalue weighted by Crippen LogP contribution is 2.30. The second-order valence-corrected chi connectivity index (χ2v) is 9.79. The Morgan fingerprint density at radius 3 is 2.26 bits per heavy atom. The van der Waals surface area contributed by atoms with Gasteiger partial charge in [-0.15, -0.1) is 10.2 Å². The SMILES string of the molecule is CC(c1ccccc1)N(CCC(=O)Nc1nnc(-c2ccc(Cl)cc2)s1)C(=O)c1ccc(C(F)(F)F)cc1. The molecule has 4 rings (SSSR count). The van der Waals surface area contributed by atoms with Crippen molar-refractivity contribution in [1.82, 2.24) is 15.1 Å². The highest BCUT2D eigenvalue weighted by atomic mass is 35.5. The molecule has 1 heterocycles. The molecule has 196 valence electrons. The molecule has 0 fully saturated rings. The minimum Gasteiger partial charge on any atom is -0.331 e. The van der Waals surface area contributed by atoms with Crippen LogP contribution in [0.5, 0.6) is 0 Å². The smallest absolute Gasteiger partial charge is 0.331 e. The Hall–Kier alpha value is -3.76. The Kier molecular flexibility index (Phi) is 8.43. The number of amides is 2. The molecule has 0 spiro atoms. The summed E-state index contributed by atoms with van der Waals surface area (Å²) in [6.45, 7) is 1.84. The lowest BCUT2D eigenvalue weighted by Gasteiger charge is -2.30. The van der Waals surface area contributed by atoms with E-state index >= 15 is 0 Å². The third kappa shape index (κ3) is 6.76. The summed E-state index contributed by atoms with van der Waals surface area (Å²) in [5.74, 6) is -0.863. The number of halogens is 4. The van der Waals surface area contributed by atoms with Crippen molar-refractivity contribution in [2.45, 2.75) is 25.6 Å². The van der Waals surface area contributed by atoms with Crippen molar-refractivity contribution in [2.24, 2.45) is 0 Å². The molecule has 1 aromatic heterocycles. The van der Waals surface area contributed by atoms with Crippen molar-refractivity contribution in [1.29, 1.82) is 0 Å². The fourth-order valence-electron chi connectivity index (χ4n) is 3.74. The van der Waals surface area contributed by atoms with Crippen LogP contribution in [-0.4, -0.2) is 33.5 Å². The van der Waals surface area contributed by atoms with E-state index < -0.39 is 23.7 Å². The Labute approximate surface area is 226 Å². The molecule has 1 N–H and O–H groups in total. The monoisotopic (exact) mass is 558 g/mol. The molecule has 0 radical (unpaired) electrons. The number of anilines is 1. The molecule has 0 aliphatic carbocycles. The van der Waals surface area contributed by atoms with Gasteiger partial charge in [0.25, 0.3) is 5.91 Å². The van der Waals surface area contributed by atoms with Crippen LogP contribution >= 0.6 is 22.9 Å². The van der Waals surface area contributed by atoms with Gasteiger partial charge in [-0.05, 0) is 48.9 Å². The van der Waals surface area contributed by atoms with E-state index in [1.54, 1.807) is 31.2 Å². The zero-order chi connectivity index (χ0) is 27.3. The highest BCUT2D eigenvalue weighted by Gasteiger charge is 2.31. The molecule has 0 aliphatic heterocycles. The van der Waals surface area contributed by atoms with Gasteiger partial charge in [0, 0.05) is 29.1 Å². The van der Waals surface area contributed by atoms with Crippen molar-refractivity contribution < 1.29 is 22.8 Å². The van der Waals surface area contributed by atoms with E-state index in [-0.39, 0.29) is 24.4 Å². The largest absolute Gasteiger partial charge is 0.416 e. The molecule has 11 heteroatoms. The van der Waals surface area contributed by atoms with Gasteiger partial charge in [0.15, 0.2) is 0 Å². The summed E-state index contributed by atoms with van der Waals surface area (Å²) in [4.78, 5) is 27.6. The normalized spacial score (nSPS) is 12.1. The molecule has 1 atom stereocenters. The molecule has 0 saturated carbocycles. The van der Waals surface area contributed by atoms with Crippen LogP contribution < -0.4 is 5.32 Å². The number of carbonyl (C=O) groups excluding carboxylic acids is 2. The maximum Gasteiger partial charge on any atom is 0.416 e. The van der Waals surface area contributed by atoms with Crippen molar-refractivity contribution in [3.8, 4) is 10.6 Å². The third-order valence-corrected chi connectivity index (χ3v) is 6.95. The van der Waals surface area contributed by atoms with Crippen molar-refractivity contribution in [2.75, 3.05) is 11.9 Å². The predicted molar refractivity (Wildman–Crippen MR) is 141 cm³/mol. The topological polar surface area (TPSA) is 75.2 Å². The number of hydrogen-bond donors (Lipinski definition) is 1. The van der Waals surface area contributed by atoms with Gasteiger partial charge in [-0.25, -0.2) is 0 Å². The lowest BCUT2D eigenvalue weighted by Crippen LogP contribution is -2.36. The molecule has 0 bridgehead atoms. The summed E-state index contributed by atoms with van der Waals surface area (Å²) < 4.78 is 38.9. The second-order valence-electron chi connectivity index (χ2n) is 8.38. The van der Waals surface area contributed by atoms with Gasteiger partial charge in [0.05, 0.1) is 11.6 Å². The second kappa shape index (κ2) is 11.7. The van der Waals surface area contributed by atoms with E-state index in [2.05, 4.69) is 15.5 Å². The maximum atomic E-state index is 13.4. The van der Waals surface area contributed by atoms with E-state index in [9.17, 15) is 22.8 Å². The average molecular weight is 559 g/mol. The molecular formula is C27H22ClF3N4O2S. The van der Waals surface area contributed by atoms with Crippen LogP contribution in [0, 0.1) is 0 Å². The first-order chi connectivity index (χ1) is 18.1. The number of nitrogens with one attached hydrogen (secondary N) is 1. The number of carbonyl (C=O) groups is 2. The van der Waals surface area contributed by atoms with Crippen LogP contribution in [-0.2, 0) is 11.0 Å². The summed E-state index contributed by atoms with van der Waals surface area (Å²) in [6, 6.07) is 19.8. The van der Waals surface area contributed by atoms with E-state index in [0.717, 1.165) is 35.4 Å². The van der Waals surface area contributed by atoms with Crippen LogP contribution in [0.25, 0.3) is 10.6 Å². The Bertz CT molecular complexity index is 1390. The molecule has 38 heavy (non-hydrogen) atoms. The van der Waals surface area contributed by atoms with Gasteiger partial charge >= 0.3 is 6.18 Å². The lowest BCUT2D eigenvalue weighted by atomic mass is 10.0. The van der Waals surface area contributed by atoms with E-state index in [0.29, 0.717) is 15.2 Å². The van der Waals surface area contributed by atoms with E-state index in [4.69, 9.17) is 11.6 Å². The van der Waals surface area contributed by atoms with Crippen LogP contribution in [0.15, 0.2) is 78.9 Å². The van der Waals surface area contributed by atoms with Crippen LogP contribution in [0.1, 0.15) is 40.9 Å². The Morgan fingerprint density at radius 1 is 0.974 bits per heavy atom. The number of alkyl halides is 3. The first-order valence-electron chi connectivity index (χ1n) is 11.5. The first-order valence-corrected chi connectivity index (χ1v) is 12.7. The van der Waals surface area contributed by atoms with Gasteiger partial charge in [-0.2, -0.15) is 13.2 Å². The number of aromatic nitrogens is 2. The summed E-state index contributed by atoms with van der Waals surface area (Å²) in [5.41, 5.74) is 0.881.